The van der Waals surface area contributed by atoms with E-state index in [9.17, 15) is 5.26 Å². The standard InChI is InChI=1S/C25H26N2.C15H18N2/c1-20(18-26)25(24-12-11-22-9-5-6-10-23(22)17-24)13-15-27(16-14-25)19-21-7-3-2-4-8-21;1-13(16-2)15-8-10-17(11-9-15)12-14-6-4-3-5-7-14/h2-12,17,20H,13-16,19H2,1H3;3-7H,8-12H2,1H3. The van der Waals surface area contributed by atoms with Gasteiger partial charge in [-0.15, -0.1) is 0 Å². The monoisotopic (exact) mass is 580 g/mol. The molecular weight excluding hydrogens is 536 g/mol. The molecule has 4 aromatic carbocycles. The average molecular weight is 581 g/mol. The first-order chi connectivity index (χ1) is 21.5. The van der Waals surface area contributed by atoms with Crippen LogP contribution < -0.4 is 0 Å². The Morgan fingerprint density at radius 1 is 0.773 bits per heavy atom. The minimum absolute atomic E-state index is 0.0116. The topological polar surface area (TPSA) is 34.6 Å². The largest absolute Gasteiger partial charge is 0.299 e. The van der Waals surface area contributed by atoms with E-state index in [-0.39, 0.29) is 11.3 Å². The Kier molecular flexibility index (Phi) is 10.6. The van der Waals surface area contributed by atoms with Crippen LogP contribution in [0.1, 0.15) is 56.2 Å². The summed E-state index contributed by atoms with van der Waals surface area (Å²) in [6.07, 6.45) is 4.18. The molecule has 0 N–H and O–H groups in total. The molecule has 44 heavy (non-hydrogen) atoms. The van der Waals surface area contributed by atoms with Crippen molar-refractivity contribution < 1.29 is 0 Å². The third-order valence-corrected chi connectivity index (χ3v) is 9.73. The molecule has 2 heterocycles. The van der Waals surface area contributed by atoms with Crippen LogP contribution in [0.5, 0.6) is 0 Å². The summed E-state index contributed by atoms with van der Waals surface area (Å²) in [6.45, 7) is 17.3. The van der Waals surface area contributed by atoms with Gasteiger partial charge >= 0.3 is 0 Å². The second-order valence-corrected chi connectivity index (χ2v) is 12.4. The van der Waals surface area contributed by atoms with Crippen molar-refractivity contribution in [2.45, 2.75) is 58.0 Å². The molecule has 2 saturated heterocycles. The molecule has 0 bridgehead atoms. The zero-order chi connectivity index (χ0) is 30.8. The quantitative estimate of drug-likeness (QED) is 0.214. The van der Waals surface area contributed by atoms with Gasteiger partial charge in [-0.3, -0.25) is 9.80 Å². The molecule has 0 spiro atoms. The molecule has 0 aliphatic carbocycles. The number of hydrogen-bond acceptors (Lipinski definition) is 3. The number of nitrogens with zero attached hydrogens (tertiary/aromatic N) is 4. The van der Waals surface area contributed by atoms with E-state index in [0.29, 0.717) is 0 Å². The summed E-state index contributed by atoms with van der Waals surface area (Å²) >= 11 is 0. The summed E-state index contributed by atoms with van der Waals surface area (Å²) < 4.78 is 0. The molecule has 0 saturated carbocycles. The van der Waals surface area contributed by atoms with E-state index < -0.39 is 0 Å². The van der Waals surface area contributed by atoms with Gasteiger partial charge in [-0.2, -0.15) is 5.26 Å². The molecule has 4 heteroatoms. The van der Waals surface area contributed by atoms with E-state index in [2.05, 4.69) is 131 Å². The van der Waals surface area contributed by atoms with Crippen LogP contribution in [0.25, 0.3) is 15.6 Å². The lowest BCUT2D eigenvalue weighted by Gasteiger charge is -2.44. The van der Waals surface area contributed by atoms with Gasteiger partial charge in [-0.1, -0.05) is 109 Å². The molecule has 2 aliphatic heterocycles. The first kappa shape index (κ1) is 31.2. The number of hydrogen-bond donors (Lipinski definition) is 0. The Balaban J connectivity index is 0.000000195. The van der Waals surface area contributed by atoms with Crippen LogP contribution in [-0.2, 0) is 18.5 Å². The van der Waals surface area contributed by atoms with Gasteiger partial charge in [0, 0.05) is 31.6 Å². The van der Waals surface area contributed by atoms with E-state index in [0.717, 1.165) is 70.6 Å². The van der Waals surface area contributed by atoms with Gasteiger partial charge in [-0.05, 0) is 80.1 Å². The molecule has 4 nitrogen and oxygen atoms in total. The Hall–Kier alpha value is -4.22. The molecule has 4 aromatic rings. The zero-order valence-corrected chi connectivity index (χ0v) is 26.3. The maximum atomic E-state index is 9.76. The minimum atomic E-state index is -0.0496. The van der Waals surface area contributed by atoms with E-state index in [4.69, 9.17) is 6.57 Å². The van der Waals surface area contributed by atoms with Gasteiger partial charge in [0.15, 0.2) is 5.70 Å². The fourth-order valence-corrected chi connectivity index (χ4v) is 6.81. The summed E-state index contributed by atoms with van der Waals surface area (Å²) in [7, 11) is 0. The number of likely N-dealkylation sites (tertiary alicyclic amines) is 2. The second-order valence-electron chi connectivity index (χ2n) is 12.4. The molecule has 2 aliphatic rings. The van der Waals surface area contributed by atoms with Crippen molar-refractivity contribution in [3.63, 3.8) is 0 Å². The number of fused-ring (bicyclic) bond motifs is 1. The lowest BCUT2D eigenvalue weighted by Crippen LogP contribution is -2.45. The van der Waals surface area contributed by atoms with Crippen molar-refractivity contribution in [3.05, 3.63) is 143 Å². The molecular formula is C40H44N4. The normalized spacial score (nSPS) is 17.5. The van der Waals surface area contributed by atoms with Crippen molar-refractivity contribution in [2.75, 3.05) is 26.2 Å². The summed E-state index contributed by atoms with van der Waals surface area (Å²) in [4.78, 5) is 8.53. The van der Waals surface area contributed by atoms with Crippen molar-refractivity contribution in [1.29, 1.82) is 5.26 Å². The highest BCUT2D eigenvalue weighted by Gasteiger charge is 2.41. The predicted molar refractivity (Wildman–Crippen MR) is 182 cm³/mol. The van der Waals surface area contributed by atoms with Gasteiger partial charge in [0.2, 0.25) is 0 Å². The van der Waals surface area contributed by atoms with Gasteiger partial charge < -0.3 is 0 Å². The molecule has 1 unspecified atom stereocenters. The van der Waals surface area contributed by atoms with Crippen molar-refractivity contribution >= 4 is 10.8 Å². The molecule has 2 fully saturated rings. The fraction of sp³-hybridized carbons (Fsp3) is 0.350. The highest BCUT2D eigenvalue weighted by molar-refractivity contribution is 5.83. The summed E-state index contributed by atoms with van der Waals surface area (Å²) in [5.41, 5.74) is 6.28. The third kappa shape index (κ3) is 7.64. The van der Waals surface area contributed by atoms with Gasteiger partial charge in [0.25, 0.3) is 0 Å². The Labute approximate surface area is 264 Å². The van der Waals surface area contributed by atoms with Crippen LogP contribution in [0.2, 0.25) is 0 Å². The fourth-order valence-electron chi connectivity index (χ4n) is 6.81. The lowest BCUT2D eigenvalue weighted by molar-refractivity contribution is 0.131. The van der Waals surface area contributed by atoms with E-state index in [1.807, 2.05) is 6.92 Å². The summed E-state index contributed by atoms with van der Waals surface area (Å²) in [5.74, 6) is 0.0116. The van der Waals surface area contributed by atoms with Crippen LogP contribution in [0, 0.1) is 23.8 Å². The number of piperidine rings is 2. The van der Waals surface area contributed by atoms with Crippen LogP contribution in [0.15, 0.2) is 114 Å². The number of allylic oxidation sites excluding steroid dienone is 1. The van der Waals surface area contributed by atoms with Crippen LogP contribution >= 0.6 is 0 Å². The Morgan fingerprint density at radius 3 is 1.84 bits per heavy atom. The molecule has 0 aromatic heterocycles. The van der Waals surface area contributed by atoms with Crippen molar-refractivity contribution in [2.24, 2.45) is 5.92 Å². The van der Waals surface area contributed by atoms with Crippen LogP contribution in [0.3, 0.4) is 0 Å². The minimum Gasteiger partial charge on any atom is -0.299 e. The predicted octanol–water partition coefficient (Wildman–Crippen LogP) is 9.01. The molecule has 224 valence electrons. The number of benzene rings is 4. The van der Waals surface area contributed by atoms with E-state index in [1.54, 1.807) is 0 Å². The van der Waals surface area contributed by atoms with Crippen molar-refractivity contribution in [3.8, 4) is 6.07 Å². The number of nitriles is 1. The second kappa shape index (κ2) is 15.0. The first-order valence-electron chi connectivity index (χ1n) is 16.0. The van der Waals surface area contributed by atoms with Gasteiger partial charge in [-0.25, -0.2) is 4.85 Å². The molecule has 0 amide bonds. The Morgan fingerprint density at radius 2 is 1.30 bits per heavy atom. The SMILES string of the molecule is CC(C#N)C1(c2ccc3ccccc3c2)CCN(Cc2ccccc2)CC1.[C-]#[N+]C(C)=C1CCN(Cc2ccccc2)CC1. The molecule has 1 atom stereocenters. The van der Waals surface area contributed by atoms with Crippen LogP contribution in [0.4, 0.5) is 0 Å². The highest BCUT2D eigenvalue weighted by atomic mass is 15.1. The van der Waals surface area contributed by atoms with Crippen molar-refractivity contribution in [1.82, 2.24) is 9.80 Å². The van der Waals surface area contributed by atoms with Gasteiger partial charge in [0.05, 0.1) is 18.6 Å². The van der Waals surface area contributed by atoms with Gasteiger partial charge in [0.1, 0.15) is 0 Å². The smallest absolute Gasteiger partial charge is 0.161 e. The Bertz CT molecular complexity index is 1610. The lowest BCUT2D eigenvalue weighted by atomic mass is 9.65. The zero-order valence-electron chi connectivity index (χ0n) is 26.3. The van der Waals surface area contributed by atoms with E-state index in [1.165, 1.54) is 33.0 Å². The maximum absolute atomic E-state index is 9.76. The summed E-state index contributed by atoms with van der Waals surface area (Å²) in [5, 5.41) is 12.3. The maximum Gasteiger partial charge on any atom is 0.161 e. The first-order valence-corrected chi connectivity index (χ1v) is 16.0. The third-order valence-electron chi connectivity index (χ3n) is 9.73. The van der Waals surface area contributed by atoms with Crippen LogP contribution in [-0.4, -0.2) is 36.0 Å². The van der Waals surface area contributed by atoms with E-state index >= 15 is 0 Å². The summed E-state index contributed by atoms with van der Waals surface area (Å²) in [6, 6.07) is 39.1. The average Bonchev–Trinajstić information content (AvgIpc) is 3.09. The number of rotatable bonds is 6. The highest BCUT2D eigenvalue weighted by Crippen LogP contribution is 2.43. The molecule has 0 radical (unpaired) electrons. The molecule has 6 rings (SSSR count).